The molecular weight excluding hydrogens is 234 g/mol. The maximum absolute atomic E-state index is 11.4. The summed E-state index contributed by atoms with van der Waals surface area (Å²) in [6.07, 6.45) is 7.74. The van der Waals surface area contributed by atoms with E-state index in [1.165, 1.54) is 25.7 Å². The Labute approximate surface area is 106 Å². The van der Waals surface area contributed by atoms with Crippen LogP contribution in [-0.2, 0) is 9.84 Å². The zero-order valence-corrected chi connectivity index (χ0v) is 12.1. The fourth-order valence-corrected chi connectivity index (χ4v) is 3.93. The molecule has 1 atom stereocenters. The summed E-state index contributed by atoms with van der Waals surface area (Å²) in [5.41, 5.74) is 6.60. The molecule has 1 unspecified atom stereocenters. The molecule has 1 aliphatic rings. The lowest BCUT2D eigenvalue weighted by atomic mass is 9.75. The number of sulfone groups is 1. The van der Waals surface area contributed by atoms with Gasteiger partial charge in [0.1, 0.15) is 9.84 Å². The van der Waals surface area contributed by atoms with Crippen LogP contribution in [0, 0.1) is 5.41 Å². The van der Waals surface area contributed by atoms with Crippen molar-refractivity contribution in [2.45, 2.75) is 64.8 Å². The van der Waals surface area contributed by atoms with Gasteiger partial charge < -0.3 is 5.73 Å². The van der Waals surface area contributed by atoms with Crippen LogP contribution < -0.4 is 5.73 Å². The van der Waals surface area contributed by atoms with Gasteiger partial charge >= 0.3 is 0 Å². The van der Waals surface area contributed by atoms with Crippen LogP contribution in [0.4, 0.5) is 0 Å². The summed E-state index contributed by atoms with van der Waals surface area (Å²) in [5.74, 6) is 0.554. The molecule has 0 saturated heterocycles. The molecular formula is C13H27NO2S. The summed E-state index contributed by atoms with van der Waals surface area (Å²) < 4.78 is 22.8. The summed E-state index contributed by atoms with van der Waals surface area (Å²) in [7, 11) is -2.82. The van der Waals surface area contributed by atoms with Crippen molar-refractivity contribution in [3.8, 4) is 0 Å². The monoisotopic (exact) mass is 261 g/mol. The van der Waals surface area contributed by atoms with Gasteiger partial charge in [0, 0.05) is 11.8 Å². The van der Waals surface area contributed by atoms with Crippen LogP contribution in [0.1, 0.15) is 58.8 Å². The average Bonchev–Trinajstić information content (AvgIpc) is 2.78. The van der Waals surface area contributed by atoms with Crippen molar-refractivity contribution in [1.29, 1.82) is 0 Å². The van der Waals surface area contributed by atoms with E-state index in [9.17, 15) is 8.42 Å². The van der Waals surface area contributed by atoms with Crippen LogP contribution in [0.5, 0.6) is 0 Å². The van der Waals surface area contributed by atoms with E-state index in [2.05, 4.69) is 6.92 Å². The Balaban J connectivity index is 2.41. The molecule has 0 aromatic heterocycles. The molecule has 3 nitrogen and oxygen atoms in total. The lowest BCUT2D eigenvalue weighted by molar-refractivity contribution is 0.210. The topological polar surface area (TPSA) is 60.2 Å². The minimum atomic E-state index is -2.82. The smallest absolute Gasteiger partial charge is 0.150 e. The van der Waals surface area contributed by atoms with Crippen LogP contribution in [0.3, 0.4) is 0 Å². The lowest BCUT2D eigenvalue weighted by Crippen LogP contribution is -2.39. The van der Waals surface area contributed by atoms with Crippen molar-refractivity contribution < 1.29 is 8.42 Å². The first-order chi connectivity index (χ1) is 7.96. The molecule has 0 amide bonds. The number of hydrogen-bond donors (Lipinski definition) is 1. The molecule has 0 spiro atoms. The fraction of sp³-hybridized carbons (Fsp3) is 1.00. The summed E-state index contributed by atoms with van der Waals surface area (Å²) in [6, 6.07) is 0.182. The minimum absolute atomic E-state index is 0.182. The summed E-state index contributed by atoms with van der Waals surface area (Å²) in [4.78, 5) is 0. The summed E-state index contributed by atoms with van der Waals surface area (Å²) in [5, 5.41) is 0. The second-order valence-corrected chi connectivity index (χ2v) is 7.88. The molecule has 0 aromatic carbocycles. The van der Waals surface area contributed by atoms with E-state index in [-0.39, 0.29) is 11.8 Å². The van der Waals surface area contributed by atoms with Crippen LogP contribution in [-0.4, -0.2) is 26.0 Å². The van der Waals surface area contributed by atoms with Gasteiger partial charge in [-0.05, 0) is 37.5 Å². The lowest BCUT2D eigenvalue weighted by Gasteiger charge is -2.34. The highest BCUT2D eigenvalue weighted by Crippen LogP contribution is 2.44. The van der Waals surface area contributed by atoms with Gasteiger partial charge in [-0.2, -0.15) is 0 Å². The maximum Gasteiger partial charge on any atom is 0.150 e. The third-order valence-electron chi connectivity index (χ3n) is 4.50. The van der Waals surface area contributed by atoms with Gasteiger partial charge in [-0.15, -0.1) is 0 Å². The first kappa shape index (κ1) is 15.0. The van der Waals surface area contributed by atoms with Crippen molar-refractivity contribution >= 4 is 9.84 Å². The normalized spacial score (nSPS) is 21.6. The molecule has 1 rings (SSSR count). The van der Waals surface area contributed by atoms with E-state index in [0.29, 0.717) is 11.2 Å². The average molecular weight is 261 g/mol. The van der Waals surface area contributed by atoms with Gasteiger partial charge in [-0.25, -0.2) is 8.42 Å². The van der Waals surface area contributed by atoms with Crippen molar-refractivity contribution in [1.82, 2.24) is 0 Å². The summed E-state index contributed by atoms with van der Waals surface area (Å²) in [6.45, 7) is 3.92. The molecule has 2 N–H and O–H groups in total. The van der Waals surface area contributed by atoms with Gasteiger partial charge in [-0.3, -0.25) is 0 Å². The van der Waals surface area contributed by atoms with E-state index < -0.39 is 9.84 Å². The Hall–Kier alpha value is -0.0900. The van der Waals surface area contributed by atoms with Gasteiger partial charge in [0.15, 0.2) is 0 Å². The largest absolute Gasteiger partial charge is 0.327 e. The van der Waals surface area contributed by atoms with Gasteiger partial charge in [-0.1, -0.05) is 26.7 Å². The Morgan fingerprint density at radius 2 is 1.82 bits per heavy atom. The van der Waals surface area contributed by atoms with Crippen molar-refractivity contribution in [3.05, 3.63) is 0 Å². The molecule has 1 fully saturated rings. The van der Waals surface area contributed by atoms with Gasteiger partial charge in [0.05, 0.1) is 5.75 Å². The number of rotatable bonds is 7. The highest BCUT2D eigenvalue weighted by atomic mass is 32.2. The third kappa shape index (κ3) is 3.95. The second kappa shape index (κ2) is 6.19. The SMILES string of the molecule is CCC1(C(N)CCCS(=O)(=O)CC)CCCC1. The third-order valence-corrected chi connectivity index (χ3v) is 6.29. The molecule has 0 heterocycles. The number of hydrogen-bond acceptors (Lipinski definition) is 3. The predicted molar refractivity (Wildman–Crippen MR) is 72.7 cm³/mol. The Morgan fingerprint density at radius 1 is 1.24 bits per heavy atom. The zero-order valence-electron chi connectivity index (χ0n) is 11.2. The summed E-state index contributed by atoms with van der Waals surface area (Å²) >= 11 is 0. The Morgan fingerprint density at radius 3 is 2.29 bits per heavy atom. The van der Waals surface area contributed by atoms with Crippen LogP contribution in [0.25, 0.3) is 0 Å². The van der Waals surface area contributed by atoms with Gasteiger partial charge in [0.25, 0.3) is 0 Å². The Bertz CT molecular complexity index is 318. The molecule has 17 heavy (non-hydrogen) atoms. The molecule has 1 aliphatic carbocycles. The van der Waals surface area contributed by atoms with Crippen LogP contribution in [0.15, 0.2) is 0 Å². The van der Waals surface area contributed by atoms with E-state index >= 15 is 0 Å². The quantitative estimate of drug-likeness (QED) is 0.766. The molecule has 102 valence electrons. The van der Waals surface area contributed by atoms with E-state index in [1.807, 2.05) is 0 Å². The van der Waals surface area contributed by atoms with Crippen molar-refractivity contribution in [2.24, 2.45) is 11.1 Å². The van der Waals surface area contributed by atoms with Crippen molar-refractivity contribution in [2.75, 3.05) is 11.5 Å². The molecule has 0 radical (unpaired) electrons. The van der Waals surface area contributed by atoms with E-state index in [0.717, 1.165) is 19.3 Å². The molecule has 0 bridgehead atoms. The maximum atomic E-state index is 11.4. The van der Waals surface area contributed by atoms with Gasteiger partial charge in [0.2, 0.25) is 0 Å². The highest BCUT2D eigenvalue weighted by Gasteiger charge is 2.37. The van der Waals surface area contributed by atoms with E-state index in [4.69, 9.17) is 5.73 Å². The highest BCUT2D eigenvalue weighted by molar-refractivity contribution is 7.91. The van der Waals surface area contributed by atoms with Crippen LogP contribution in [0.2, 0.25) is 0 Å². The van der Waals surface area contributed by atoms with Crippen LogP contribution >= 0.6 is 0 Å². The standard InChI is InChI=1S/C13H27NO2S/c1-3-13(9-5-6-10-13)12(14)8-7-11-17(15,16)4-2/h12H,3-11,14H2,1-2H3. The predicted octanol–water partition coefficient (Wildman–Crippen LogP) is 2.50. The Kier molecular flexibility index (Phi) is 5.45. The fourth-order valence-electron chi connectivity index (χ4n) is 3.04. The first-order valence-corrected chi connectivity index (χ1v) is 8.74. The second-order valence-electron chi connectivity index (χ2n) is 5.41. The van der Waals surface area contributed by atoms with E-state index in [1.54, 1.807) is 6.92 Å². The molecule has 1 saturated carbocycles. The molecule has 0 aliphatic heterocycles. The molecule has 4 heteroatoms. The first-order valence-electron chi connectivity index (χ1n) is 6.92. The molecule has 0 aromatic rings. The number of nitrogens with two attached hydrogens (primary N) is 1. The zero-order chi connectivity index (χ0) is 12.9. The van der Waals surface area contributed by atoms with Crippen molar-refractivity contribution in [3.63, 3.8) is 0 Å². The minimum Gasteiger partial charge on any atom is -0.327 e.